The summed E-state index contributed by atoms with van der Waals surface area (Å²) in [5, 5.41) is 2.78. The van der Waals surface area contributed by atoms with Crippen molar-refractivity contribution in [3.63, 3.8) is 0 Å². The van der Waals surface area contributed by atoms with Crippen LogP contribution in [0.25, 0.3) is 0 Å². The topological polar surface area (TPSA) is 84.7 Å². The highest BCUT2D eigenvalue weighted by Gasteiger charge is 2.37. The summed E-state index contributed by atoms with van der Waals surface area (Å²) in [6.07, 6.45) is -0.558. The first-order valence-corrected chi connectivity index (χ1v) is 7.42. The number of carbonyl (C=O) groups is 2. The van der Waals surface area contributed by atoms with Gasteiger partial charge in [-0.1, -0.05) is 12.1 Å². The molecule has 0 aliphatic carbocycles. The zero-order chi connectivity index (χ0) is 16.3. The van der Waals surface area contributed by atoms with E-state index in [9.17, 15) is 9.59 Å². The van der Waals surface area contributed by atoms with Gasteiger partial charge in [-0.05, 0) is 32.9 Å². The fourth-order valence-corrected chi connectivity index (χ4v) is 2.41. The number of rotatable bonds is 5. The third kappa shape index (κ3) is 3.22. The van der Waals surface area contributed by atoms with E-state index in [1.807, 2.05) is 38.1 Å². The van der Waals surface area contributed by atoms with Crippen LogP contribution in [0.4, 0.5) is 5.69 Å². The van der Waals surface area contributed by atoms with E-state index in [4.69, 9.17) is 10.5 Å². The molecule has 2 amide bonds. The Morgan fingerprint density at radius 2 is 2.09 bits per heavy atom. The SMILES string of the molecule is CC1Oc2ccccc2N(CC(C)(C)C(=O)NCCN)C1=O. The van der Waals surface area contributed by atoms with Crippen molar-refractivity contribution in [3.05, 3.63) is 24.3 Å². The van der Waals surface area contributed by atoms with Crippen LogP contribution in [0.5, 0.6) is 5.75 Å². The largest absolute Gasteiger partial charge is 0.479 e. The molecule has 0 fully saturated rings. The Morgan fingerprint density at radius 1 is 1.41 bits per heavy atom. The van der Waals surface area contributed by atoms with Crippen LogP contribution in [0.3, 0.4) is 0 Å². The van der Waals surface area contributed by atoms with Gasteiger partial charge in [0.25, 0.3) is 5.91 Å². The maximum Gasteiger partial charge on any atom is 0.267 e. The van der Waals surface area contributed by atoms with Gasteiger partial charge in [0, 0.05) is 19.6 Å². The Kier molecular flexibility index (Phi) is 4.71. The van der Waals surface area contributed by atoms with E-state index in [0.717, 1.165) is 0 Å². The second kappa shape index (κ2) is 6.36. The summed E-state index contributed by atoms with van der Waals surface area (Å²) < 4.78 is 5.61. The molecule has 1 heterocycles. The summed E-state index contributed by atoms with van der Waals surface area (Å²) in [5.41, 5.74) is 5.38. The second-order valence-electron chi connectivity index (χ2n) is 6.08. The summed E-state index contributed by atoms with van der Waals surface area (Å²) in [7, 11) is 0. The molecule has 1 atom stereocenters. The van der Waals surface area contributed by atoms with Crippen molar-refractivity contribution in [1.82, 2.24) is 5.32 Å². The molecule has 3 N–H and O–H groups in total. The molecule has 22 heavy (non-hydrogen) atoms. The molecule has 0 bridgehead atoms. The Morgan fingerprint density at radius 3 is 2.77 bits per heavy atom. The lowest BCUT2D eigenvalue weighted by Gasteiger charge is -2.37. The molecule has 1 aromatic carbocycles. The predicted molar refractivity (Wildman–Crippen MR) is 84.7 cm³/mol. The Balaban J connectivity index is 2.24. The van der Waals surface area contributed by atoms with Crippen molar-refractivity contribution in [3.8, 4) is 5.75 Å². The predicted octanol–water partition coefficient (Wildman–Crippen LogP) is 0.902. The summed E-state index contributed by atoms with van der Waals surface area (Å²) in [6, 6.07) is 7.36. The minimum Gasteiger partial charge on any atom is -0.479 e. The molecule has 1 unspecified atom stereocenters. The molecule has 6 heteroatoms. The summed E-state index contributed by atoms with van der Waals surface area (Å²) >= 11 is 0. The Hall–Kier alpha value is -2.08. The summed E-state index contributed by atoms with van der Waals surface area (Å²) in [4.78, 5) is 26.3. The number of nitrogens with one attached hydrogen (secondary N) is 1. The number of amides is 2. The van der Waals surface area contributed by atoms with Crippen molar-refractivity contribution >= 4 is 17.5 Å². The number of benzene rings is 1. The highest BCUT2D eigenvalue weighted by molar-refractivity contribution is 6.00. The Labute approximate surface area is 130 Å². The number of hydrogen-bond donors (Lipinski definition) is 2. The highest BCUT2D eigenvalue weighted by Crippen LogP contribution is 2.35. The third-order valence-electron chi connectivity index (χ3n) is 3.67. The van der Waals surface area contributed by atoms with Crippen molar-refractivity contribution in [1.29, 1.82) is 0 Å². The molecular weight excluding hydrogens is 282 g/mol. The van der Waals surface area contributed by atoms with Crippen molar-refractivity contribution < 1.29 is 14.3 Å². The maximum absolute atomic E-state index is 12.5. The first-order valence-electron chi connectivity index (χ1n) is 7.42. The van der Waals surface area contributed by atoms with Crippen LogP contribution in [0.2, 0.25) is 0 Å². The number of nitrogens with two attached hydrogens (primary N) is 1. The van der Waals surface area contributed by atoms with Gasteiger partial charge in [0.05, 0.1) is 11.1 Å². The molecule has 1 aromatic rings. The van der Waals surface area contributed by atoms with E-state index in [2.05, 4.69) is 5.32 Å². The molecule has 0 aromatic heterocycles. The number of para-hydroxylation sites is 2. The molecule has 0 spiro atoms. The number of anilines is 1. The van der Waals surface area contributed by atoms with Gasteiger partial charge in [-0.15, -0.1) is 0 Å². The van der Waals surface area contributed by atoms with Crippen molar-refractivity contribution in [2.75, 3.05) is 24.5 Å². The van der Waals surface area contributed by atoms with E-state index >= 15 is 0 Å². The van der Waals surface area contributed by atoms with Crippen LogP contribution in [0.1, 0.15) is 20.8 Å². The van der Waals surface area contributed by atoms with Gasteiger partial charge < -0.3 is 20.7 Å². The van der Waals surface area contributed by atoms with Crippen LogP contribution in [0.15, 0.2) is 24.3 Å². The number of ether oxygens (including phenoxy) is 1. The fraction of sp³-hybridized carbons (Fsp3) is 0.500. The van der Waals surface area contributed by atoms with Crippen molar-refractivity contribution in [2.45, 2.75) is 26.9 Å². The molecule has 0 radical (unpaired) electrons. The lowest BCUT2D eigenvalue weighted by molar-refractivity contribution is -0.130. The molecule has 0 saturated carbocycles. The van der Waals surface area contributed by atoms with E-state index in [1.165, 1.54) is 0 Å². The third-order valence-corrected chi connectivity index (χ3v) is 3.67. The molecule has 1 aliphatic rings. The van der Waals surface area contributed by atoms with Gasteiger partial charge in [-0.25, -0.2) is 0 Å². The second-order valence-corrected chi connectivity index (χ2v) is 6.08. The molecule has 1 aliphatic heterocycles. The molecule has 2 rings (SSSR count). The number of carbonyl (C=O) groups excluding carboxylic acids is 2. The minimum atomic E-state index is -0.727. The van der Waals surface area contributed by atoms with Gasteiger partial charge in [-0.3, -0.25) is 9.59 Å². The number of nitrogens with zero attached hydrogens (tertiary/aromatic N) is 1. The van der Waals surface area contributed by atoms with E-state index < -0.39 is 11.5 Å². The van der Waals surface area contributed by atoms with E-state index in [1.54, 1.807) is 11.8 Å². The van der Waals surface area contributed by atoms with Crippen LogP contribution in [0, 0.1) is 5.41 Å². The smallest absolute Gasteiger partial charge is 0.267 e. The first kappa shape index (κ1) is 16.3. The van der Waals surface area contributed by atoms with E-state index in [0.29, 0.717) is 24.5 Å². The van der Waals surface area contributed by atoms with E-state index in [-0.39, 0.29) is 18.4 Å². The number of fused-ring (bicyclic) bond motifs is 1. The first-order chi connectivity index (χ1) is 10.4. The summed E-state index contributed by atoms with van der Waals surface area (Å²) in [6.45, 7) is 6.44. The standard InChI is InChI=1S/C16H23N3O3/c1-11-14(20)19(12-6-4-5-7-13(12)22-11)10-16(2,3)15(21)18-9-8-17/h4-7,11H,8-10,17H2,1-3H3,(H,18,21). The lowest BCUT2D eigenvalue weighted by atomic mass is 9.90. The van der Waals surface area contributed by atoms with Gasteiger partial charge >= 0.3 is 0 Å². The molecule has 0 saturated heterocycles. The Bertz CT molecular complexity index is 572. The highest BCUT2D eigenvalue weighted by atomic mass is 16.5. The lowest BCUT2D eigenvalue weighted by Crippen LogP contribution is -2.52. The zero-order valence-electron chi connectivity index (χ0n) is 13.3. The van der Waals surface area contributed by atoms with Gasteiger partial charge in [-0.2, -0.15) is 0 Å². The molecular formula is C16H23N3O3. The van der Waals surface area contributed by atoms with Gasteiger partial charge in [0.15, 0.2) is 6.10 Å². The minimum absolute atomic E-state index is 0.123. The quantitative estimate of drug-likeness (QED) is 0.846. The van der Waals surface area contributed by atoms with Crippen LogP contribution in [-0.4, -0.2) is 37.6 Å². The van der Waals surface area contributed by atoms with Gasteiger partial charge in [0.2, 0.25) is 5.91 Å². The van der Waals surface area contributed by atoms with Crippen LogP contribution in [-0.2, 0) is 9.59 Å². The zero-order valence-corrected chi connectivity index (χ0v) is 13.3. The average molecular weight is 305 g/mol. The summed E-state index contributed by atoms with van der Waals surface area (Å²) in [5.74, 6) is 0.397. The van der Waals surface area contributed by atoms with Crippen LogP contribution >= 0.6 is 0 Å². The molecule has 120 valence electrons. The maximum atomic E-state index is 12.5. The number of hydrogen-bond acceptors (Lipinski definition) is 4. The van der Waals surface area contributed by atoms with Gasteiger partial charge in [0.1, 0.15) is 5.75 Å². The molecule has 6 nitrogen and oxygen atoms in total. The fourth-order valence-electron chi connectivity index (χ4n) is 2.41. The normalized spacial score (nSPS) is 17.7. The monoisotopic (exact) mass is 305 g/mol. The van der Waals surface area contributed by atoms with Crippen LogP contribution < -0.4 is 20.7 Å². The average Bonchev–Trinajstić information content (AvgIpc) is 2.49. The van der Waals surface area contributed by atoms with Crippen molar-refractivity contribution in [2.24, 2.45) is 11.1 Å².